The SMILES string of the molecule is CCCCCCCCCCCCCCNc1ccc(C(=O)O)c(C(=O)O)c1. The van der Waals surface area contributed by atoms with Crippen molar-refractivity contribution in [1.82, 2.24) is 0 Å². The number of nitrogens with one attached hydrogen (secondary N) is 1. The van der Waals surface area contributed by atoms with Crippen molar-refractivity contribution in [2.75, 3.05) is 11.9 Å². The van der Waals surface area contributed by atoms with Crippen molar-refractivity contribution < 1.29 is 19.8 Å². The largest absolute Gasteiger partial charge is 0.478 e. The Morgan fingerprint density at radius 3 is 1.70 bits per heavy atom. The van der Waals surface area contributed by atoms with Gasteiger partial charge < -0.3 is 15.5 Å². The molecule has 27 heavy (non-hydrogen) atoms. The van der Waals surface area contributed by atoms with Crippen LogP contribution >= 0.6 is 0 Å². The smallest absolute Gasteiger partial charge is 0.336 e. The molecule has 0 aliphatic carbocycles. The molecule has 0 radical (unpaired) electrons. The highest BCUT2D eigenvalue weighted by Gasteiger charge is 2.16. The monoisotopic (exact) mass is 377 g/mol. The number of hydrogen-bond acceptors (Lipinski definition) is 3. The molecule has 0 unspecified atom stereocenters. The van der Waals surface area contributed by atoms with E-state index >= 15 is 0 Å². The lowest BCUT2D eigenvalue weighted by Crippen LogP contribution is -2.09. The number of carboxylic acids is 2. The van der Waals surface area contributed by atoms with Gasteiger partial charge in [0.15, 0.2) is 0 Å². The first kappa shape index (κ1) is 23.0. The van der Waals surface area contributed by atoms with E-state index in [0.717, 1.165) is 19.4 Å². The summed E-state index contributed by atoms with van der Waals surface area (Å²) in [4.78, 5) is 22.2. The molecule has 1 aromatic rings. The molecule has 0 amide bonds. The van der Waals surface area contributed by atoms with Crippen molar-refractivity contribution >= 4 is 17.6 Å². The third-order valence-electron chi connectivity index (χ3n) is 4.84. The van der Waals surface area contributed by atoms with Crippen LogP contribution in [-0.4, -0.2) is 28.7 Å². The lowest BCUT2D eigenvalue weighted by Gasteiger charge is -2.09. The zero-order chi connectivity index (χ0) is 19.9. The molecule has 0 aliphatic heterocycles. The van der Waals surface area contributed by atoms with Crippen LogP contribution in [0.15, 0.2) is 18.2 Å². The number of rotatable bonds is 16. The van der Waals surface area contributed by atoms with Crippen LogP contribution in [0.25, 0.3) is 0 Å². The molecule has 1 aromatic carbocycles. The van der Waals surface area contributed by atoms with Gasteiger partial charge in [0.2, 0.25) is 0 Å². The van der Waals surface area contributed by atoms with Gasteiger partial charge in [0.05, 0.1) is 11.1 Å². The minimum absolute atomic E-state index is 0.179. The summed E-state index contributed by atoms with van der Waals surface area (Å²) in [5.74, 6) is -2.44. The summed E-state index contributed by atoms with van der Waals surface area (Å²) in [5, 5.41) is 21.3. The van der Waals surface area contributed by atoms with Crippen molar-refractivity contribution in [1.29, 1.82) is 0 Å². The minimum Gasteiger partial charge on any atom is -0.478 e. The molecule has 0 heterocycles. The Bertz CT molecular complexity index is 571. The van der Waals surface area contributed by atoms with Gasteiger partial charge in [-0.25, -0.2) is 9.59 Å². The van der Waals surface area contributed by atoms with E-state index in [2.05, 4.69) is 12.2 Å². The van der Waals surface area contributed by atoms with E-state index in [1.807, 2.05) is 0 Å². The minimum atomic E-state index is -1.22. The van der Waals surface area contributed by atoms with Gasteiger partial charge in [-0.1, -0.05) is 77.6 Å². The van der Waals surface area contributed by atoms with Gasteiger partial charge in [-0.05, 0) is 24.6 Å². The van der Waals surface area contributed by atoms with E-state index in [1.165, 1.54) is 76.3 Å². The topological polar surface area (TPSA) is 86.6 Å². The summed E-state index contributed by atoms with van der Waals surface area (Å²) in [6.45, 7) is 3.01. The fourth-order valence-corrected chi connectivity index (χ4v) is 3.22. The second kappa shape index (κ2) is 14.1. The summed E-state index contributed by atoms with van der Waals surface area (Å²) in [6.07, 6.45) is 15.6. The number of unbranched alkanes of at least 4 members (excludes halogenated alkanes) is 11. The molecule has 0 saturated carbocycles. The van der Waals surface area contributed by atoms with Gasteiger partial charge in [-0.2, -0.15) is 0 Å². The van der Waals surface area contributed by atoms with E-state index in [1.54, 1.807) is 6.07 Å². The number of anilines is 1. The number of hydrogen-bond donors (Lipinski definition) is 3. The summed E-state index contributed by atoms with van der Waals surface area (Å²) in [7, 11) is 0. The highest BCUT2D eigenvalue weighted by atomic mass is 16.4. The highest BCUT2D eigenvalue weighted by molar-refractivity contribution is 6.02. The Labute approximate surface area is 163 Å². The van der Waals surface area contributed by atoms with Crippen molar-refractivity contribution in [3.63, 3.8) is 0 Å². The zero-order valence-electron chi connectivity index (χ0n) is 16.6. The van der Waals surface area contributed by atoms with Crippen LogP contribution in [0.4, 0.5) is 5.69 Å². The summed E-state index contributed by atoms with van der Waals surface area (Å²) in [5.41, 5.74) is 0.293. The summed E-state index contributed by atoms with van der Waals surface area (Å²) in [6, 6.07) is 4.36. The lowest BCUT2D eigenvalue weighted by atomic mass is 10.1. The first-order valence-electron chi connectivity index (χ1n) is 10.4. The first-order valence-corrected chi connectivity index (χ1v) is 10.4. The Morgan fingerprint density at radius 1 is 0.741 bits per heavy atom. The molecule has 1 rings (SSSR count). The molecule has 0 atom stereocenters. The number of benzene rings is 1. The normalized spacial score (nSPS) is 10.7. The molecule has 0 aromatic heterocycles. The third kappa shape index (κ3) is 10.0. The second-order valence-corrected chi connectivity index (χ2v) is 7.19. The number of carbonyl (C=O) groups is 2. The Hall–Kier alpha value is -2.04. The summed E-state index contributed by atoms with van der Waals surface area (Å²) >= 11 is 0. The van der Waals surface area contributed by atoms with Crippen LogP contribution in [0.5, 0.6) is 0 Å². The Balaban J connectivity index is 2.09. The average Bonchev–Trinajstić information content (AvgIpc) is 2.65. The van der Waals surface area contributed by atoms with E-state index in [9.17, 15) is 9.59 Å². The second-order valence-electron chi connectivity index (χ2n) is 7.19. The van der Waals surface area contributed by atoms with Crippen molar-refractivity contribution in [3.8, 4) is 0 Å². The van der Waals surface area contributed by atoms with Gasteiger partial charge in [0.1, 0.15) is 0 Å². The van der Waals surface area contributed by atoms with Gasteiger partial charge in [-0.15, -0.1) is 0 Å². The first-order chi connectivity index (χ1) is 13.1. The maximum Gasteiger partial charge on any atom is 0.336 e. The van der Waals surface area contributed by atoms with Gasteiger partial charge in [0, 0.05) is 12.2 Å². The molecule has 0 saturated heterocycles. The Kier molecular flexibility index (Phi) is 12.0. The Morgan fingerprint density at radius 2 is 1.22 bits per heavy atom. The summed E-state index contributed by atoms with van der Waals surface area (Å²) < 4.78 is 0. The van der Waals surface area contributed by atoms with E-state index < -0.39 is 11.9 Å². The van der Waals surface area contributed by atoms with E-state index in [4.69, 9.17) is 10.2 Å². The quantitative estimate of drug-likeness (QED) is 0.299. The molecule has 5 heteroatoms. The predicted molar refractivity (Wildman–Crippen MR) is 110 cm³/mol. The molecule has 3 N–H and O–H groups in total. The molecule has 0 bridgehead atoms. The number of aromatic carboxylic acids is 2. The molecule has 0 spiro atoms. The third-order valence-corrected chi connectivity index (χ3v) is 4.84. The molecule has 152 valence electrons. The van der Waals surface area contributed by atoms with Crippen LogP contribution in [0, 0.1) is 0 Å². The van der Waals surface area contributed by atoms with Crippen molar-refractivity contribution in [2.45, 2.75) is 84.0 Å². The van der Waals surface area contributed by atoms with Gasteiger partial charge in [0.25, 0.3) is 0 Å². The fraction of sp³-hybridized carbons (Fsp3) is 0.636. The van der Waals surface area contributed by atoms with E-state index in [-0.39, 0.29) is 11.1 Å². The standard InChI is InChI=1S/C22H35NO4/c1-2-3-4-5-6-7-8-9-10-11-12-13-16-23-18-14-15-19(21(24)25)20(17-18)22(26)27/h14-15,17,23H,2-13,16H2,1H3,(H,24,25)(H,26,27). The molecule has 5 nitrogen and oxygen atoms in total. The zero-order valence-corrected chi connectivity index (χ0v) is 16.6. The van der Waals surface area contributed by atoms with Crippen LogP contribution < -0.4 is 5.32 Å². The molecular weight excluding hydrogens is 342 g/mol. The highest BCUT2D eigenvalue weighted by Crippen LogP contribution is 2.17. The lowest BCUT2D eigenvalue weighted by molar-refractivity contribution is 0.0651. The predicted octanol–water partition coefficient (Wildman–Crippen LogP) is 6.20. The van der Waals surface area contributed by atoms with Crippen LogP contribution in [0.2, 0.25) is 0 Å². The fourth-order valence-electron chi connectivity index (χ4n) is 3.22. The maximum atomic E-state index is 11.2. The van der Waals surface area contributed by atoms with Crippen LogP contribution in [0.1, 0.15) is 105 Å². The van der Waals surface area contributed by atoms with Crippen LogP contribution in [0.3, 0.4) is 0 Å². The molecule has 0 aliphatic rings. The maximum absolute atomic E-state index is 11.2. The number of carboxylic acid groups (broad SMARTS) is 2. The van der Waals surface area contributed by atoms with E-state index in [0.29, 0.717) is 5.69 Å². The molecular formula is C22H35NO4. The van der Waals surface area contributed by atoms with Gasteiger partial charge >= 0.3 is 11.9 Å². The average molecular weight is 378 g/mol. The van der Waals surface area contributed by atoms with Gasteiger partial charge in [-0.3, -0.25) is 0 Å². The molecule has 0 fully saturated rings. The van der Waals surface area contributed by atoms with Crippen molar-refractivity contribution in [2.24, 2.45) is 0 Å². The van der Waals surface area contributed by atoms with Crippen LogP contribution in [-0.2, 0) is 0 Å². The van der Waals surface area contributed by atoms with Crippen molar-refractivity contribution in [3.05, 3.63) is 29.3 Å².